The molecule has 4 aromatic rings. The van der Waals surface area contributed by atoms with Gasteiger partial charge >= 0.3 is 0 Å². The second-order valence-corrected chi connectivity index (χ2v) is 7.48. The van der Waals surface area contributed by atoms with E-state index >= 15 is 0 Å². The van der Waals surface area contributed by atoms with Crippen molar-refractivity contribution < 1.29 is 14.9 Å². The lowest BCUT2D eigenvalue weighted by atomic mass is 10.1. The highest BCUT2D eigenvalue weighted by atomic mass is 16.5. The highest BCUT2D eigenvalue weighted by Gasteiger charge is 2.01. The lowest BCUT2D eigenvalue weighted by Gasteiger charge is -2.08. The van der Waals surface area contributed by atoms with Crippen molar-refractivity contribution in [2.24, 2.45) is 5.92 Å². The van der Waals surface area contributed by atoms with Gasteiger partial charge in [0.25, 0.3) is 0 Å². The lowest BCUT2D eigenvalue weighted by molar-refractivity contribution is 0.318. The third kappa shape index (κ3) is 19.0. The summed E-state index contributed by atoms with van der Waals surface area (Å²) in [6.07, 6.45) is 0. The maximum Gasteiger partial charge on any atom is 0.128 e. The van der Waals surface area contributed by atoms with Gasteiger partial charge in [-0.15, -0.1) is 0 Å². The van der Waals surface area contributed by atoms with Crippen LogP contribution in [0.25, 0.3) is 21.5 Å². The summed E-state index contributed by atoms with van der Waals surface area (Å²) in [6, 6.07) is 28.9. The van der Waals surface area contributed by atoms with E-state index < -0.39 is 0 Å². The molecule has 4 aromatic carbocycles. The zero-order valence-corrected chi connectivity index (χ0v) is 23.4. The van der Waals surface area contributed by atoms with E-state index in [-0.39, 0.29) is 28.1 Å². The minimum atomic E-state index is 0. The van der Waals surface area contributed by atoms with Crippen LogP contribution in [0.3, 0.4) is 0 Å². The summed E-state index contributed by atoms with van der Waals surface area (Å²) in [5, 5.41) is 20.0. The van der Waals surface area contributed by atoms with Gasteiger partial charge in [0, 0.05) is 13.2 Å². The molecule has 0 heterocycles. The average molecular weight is 513 g/mol. The summed E-state index contributed by atoms with van der Waals surface area (Å²) >= 11 is 0. The standard InChI is InChI=1S/C20H14O.C4H10.2C2H6O.2C2H6.2CH4/c1-3-7-17-13-19(11-9-15(17)5-1)21-20-12-10-16-6-2-4-8-18(16)14-20;1-4(2)3;2*1-2-3;2*1-2;;/h1-14H;4H,1-3H3;2*3H,2H2,1H3;2*1-2H3;2*1H4. The Labute approximate surface area is 229 Å². The highest BCUT2D eigenvalue weighted by molar-refractivity contribution is 5.85. The average Bonchev–Trinajstić information content (AvgIpc) is 2.87. The molecule has 0 aliphatic heterocycles. The molecule has 0 fully saturated rings. The van der Waals surface area contributed by atoms with E-state index in [2.05, 4.69) is 69.3 Å². The van der Waals surface area contributed by atoms with Gasteiger partial charge in [-0.05, 0) is 65.6 Å². The molecular formula is C34H56O3. The zero-order chi connectivity index (χ0) is 27.1. The van der Waals surface area contributed by atoms with Crippen molar-refractivity contribution in [1.82, 2.24) is 0 Å². The van der Waals surface area contributed by atoms with E-state index in [1.54, 1.807) is 13.8 Å². The summed E-state index contributed by atoms with van der Waals surface area (Å²) in [5.41, 5.74) is 0. The molecule has 0 aliphatic carbocycles. The van der Waals surface area contributed by atoms with Crippen molar-refractivity contribution in [1.29, 1.82) is 0 Å². The van der Waals surface area contributed by atoms with Crippen LogP contribution in [0.1, 0.15) is 77.2 Å². The quantitative estimate of drug-likeness (QED) is 0.281. The molecular weight excluding hydrogens is 456 g/mol. The summed E-state index contributed by atoms with van der Waals surface area (Å²) < 4.78 is 5.99. The molecule has 0 saturated carbocycles. The van der Waals surface area contributed by atoms with Crippen molar-refractivity contribution in [3.63, 3.8) is 0 Å². The van der Waals surface area contributed by atoms with Gasteiger partial charge in [0.05, 0.1) is 0 Å². The number of aliphatic hydroxyl groups is 2. The third-order valence-corrected chi connectivity index (χ3v) is 3.68. The largest absolute Gasteiger partial charge is 0.457 e. The first kappa shape index (κ1) is 41.3. The van der Waals surface area contributed by atoms with Gasteiger partial charge in [0.2, 0.25) is 0 Å². The molecule has 0 amide bonds. The lowest BCUT2D eigenvalue weighted by Crippen LogP contribution is -1.84. The fourth-order valence-electron chi connectivity index (χ4n) is 2.60. The van der Waals surface area contributed by atoms with Crippen LogP contribution in [-0.4, -0.2) is 23.4 Å². The first-order chi connectivity index (χ1) is 16.9. The normalized spacial score (nSPS) is 8.43. The van der Waals surface area contributed by atoms with Crippen LogP contribution < -0.4 is 4.74 Å². The van der Waals surface area contributed by atoms with E-state index in [0.717, 1.165) is 17.4 Å². The predicted octanol–water partition coefficient (Wildman–Crippen LogP) is 10.8. The predicted molar refractivity (Wildman–Crippen MR) is 170 cm³/mol. The summed E-state index contributed by atoms with van der Waals surface area (Å²) in [7, 11) is 0. The van der Waals surface area contributed by atoms with Crippen LogP contribution in [-0.2, 0) is 0 Å². The molecule has 2 N–H and O–H groups in total. The Bertz CT molecular complexity index is 928. The van der Waals surface area contributed by atoms with Gasteiger partial charge in [0.1, 0.15) is 11.5 Å². The van der Waals surface area contributed by atoms with Crippen molar-refractivity contribution >= 4 is 21.5 Å². The van der Waals surface area contributed by atoms with Gasteiger partial charge in [-0.25, -0.2) is 0 Å². The summed E-state index contributed by atoms with van der Waals surface area (Å²) in [6.45, 7) is 18.4. The summed E-state index contributed by atoms with van der Waals surface area (Å²) in [5.74, 6) is 2.56. The van der Waals surface area contributed by atoms with E-state index in [4.69, 9.17) is 14.9 Å². The molecule has 0 aliphatic rings. The van der Waals surface area contributed by atoms with Crippen LogP contribution in [0.5, 0.6) is 11.5 Å². The van der Waals surface area contributed by atoms with Gasteiger partial charge in [-0.3, -0.25) is 0 Å². The number of aliphatic hydroxyl groups excluding tert-OH is 2. The fraction of sp³-hybridized carbons (Fsp3) is 0.412. The van der Waals surface area contributed by atoms with Crippen molar-refractivity contribution in [2.75, 3.05) is 13.2 Å². The minimum absolute atomic E-state index is 0. The number of ether oxygens (including phenoxy) is 1. The molecule has 3 heteroatoms. The van der Waals surface area contributed by atoms with E-state index in [0.29, 0.717) is 0 Å². The SMILES string of the molecule is C.C.CC.CC.CC(C)C.CCO.CCO.c1ccc2cc(Oc3ccc4ccccc4c3)ccc2c1. The van der Waals surface area contributed by atoms with Crippen LogP contribution in [0.15, 0.2) is 84.9 Å². The molecule has 0 unspecified atom stereocenters. The fourth-order valence-corrected chi connectivity index (χ4v) is 2.60. The van der Waals surface area contributed by atoms with Crippen molar-refractivity contribution in [3.05, 3.63) is 84.9 Å². The minimum Gasteiger partial charge on any atom is -0.457 e. The second kappa shape index (κ2) is 27.7. The Morgan fingerprint density at radius 2 is 0.784 bits per heavy atom. The Morgan fingerprint density at radius 1 is 0.541 bits per heavy atom. The maximum atomic E-state index is 7.57. The molecule has 3 nitrogen and oxygen atoms in total. The number of fused-ring (bicyclic) bond motifs is 2. The number of hydrogen-bond donors (Lipinski definition) is 2. The zero-order valence-electron chi connectivity index (χ0n) is 23.4. The third-order valence-electron chi connectivity index (χ3n) is 3.68. The van der Waals surface area contributed by atoms with Gasteiger partial charge in [0.15, 0.2) is 0 Å². The number of rotatable bonds is 2. The molecule has 4 rings (SSSR count). The van der Waals surface area contributed by atoms with Crippen LogP contribution in [0, 0.1) is 5.92 Å². The van der Waals surface area contributed by atoms with Crippen LogP contribution >= 0.6 is 0 Å². The van der Waals surface area contributed by atoms with Crippen LogP contribution in [0.4, 0.5) is 0 Å². The first-order valence-electron chi connectivity index (χ1n) is 12.8. The molecule has 0 aromatic heterocycles. The topological polar surface area (TPSA) is 49.7 Å². The molecule has 0 atom stereocenters. The van der Waals surface area contributed by atoms with Crippen molar-refractivity contribution in [2.45, 2.75) is 77.2 Å². The summed E-state index contributed by atoms with van der Waals surface area (Å²) in [4.78, 5) is 0. The van der Waals surface area contributed by atoms with Gasteiger partial charge in [-0.1, -0.05) is 124 Å². The molecule has 0 bridgehead atoms. The second-order valence-electron chi connectivity index (χ2n) is 7.48. The van der Waals surface area contributed by atoms with Crippen LogP contribution in [0.2, 0.25) is 0 Å². The van der Waals surface area contributed by atoms with Gasteiger partial charge < -0.3 is 14.9 Å². The molecule has 0 radical (unpaired) electrons. The Kier molecular flexibility index (Phi) is 30.9. The molecule has 0 spiro atoms. The maximum absolute atomic E-state index is 7.57. The molecule has 0 saturated heterocycles. The monoisotopic (exact) mass is 512 g/mol. The Morgan fingerprint density at radius 3 is 1.05 bits per heavy atom. The number of benzene rings is 4. The number of hydrogen-bond acceptors (Lipinski definition) is 3. The highest BCUT2D eigenvalue weighted by Crippen LogP contribution is 2.28. The van der Waals surface area contributed by atoms with E-state index in [1.807, 2.05) is 64.1 Å². The molecule has 210 valence electrons. The van der Waals surface area contributed by atoms with Crippen molar-refractivity contribution in [3.8, 4) is 11.5 Å². The smallest absolute Gasteiger partial charge is 0.128 e. The Balaban J connectivity index is -0.000000291. The molecule has 37 heavy (non-hydrogen) atoms. The van der Waals surface area contributed by atoms with E-state index in [9.17, 15) is 0 Å². The first-order valence-corrected chi connectivity index (χ1v) is 12.8. The van der Waals surface area contributed by atoms with E-state index in [1.165, 1.54) is 21.5 Å². The van der Waals surface area contributed by atoms with Gasteiger partial charge in [-0.2, -0.15) is 0 Å². The Hall–Kier alpha value is -2.88.